The largest absolute Gasteiger partial charge is 0.418 e. The fraction of sp³-hybridized carbons (Fsp3) is 0.167. The van der Waals surface area contributed by atoms with Crippen LogP contribution >= 0.6 is 23.4 Å². The molecule has 2 aromatic carbocycles. The number of aromatic nitrogens is 3. The zero-order valence-corrected chi connectivity index (χ0v) is 16.0. The number of amides is 1. The van der Waals surface area contributed by atoms with Gasteiger partial charge in [-0.1, -0.05) is 41.6 Å². The second-order valence-electron chi connectivity index (χ2n) is 5.76. The molecule has 10 heteroatoms. The Hall–Kier alpha value is -2.52. The lowest BCUT2D eigenvalue weighted by Crippen LogP contribution is -2.24. The SMILES string of the molecule is CC(Sc1nncn1-c1ccccc1)C(=O)Nc1ccc(Cl)cc1C(F)(F)F. The Morgan fingerprint density at radius 1 is 1.21 bits per heavy atom. The molecule has 3 aromatic rings. The van der Waals surface area contributed by atoms with Crippen LogP contribution in [0.5, 0.6) is 0 Å². The standard InChI is InChI=1S/C18H14ClF3N4OS/c1-11(28-17-25-23-10-26(17)13-5-3-2-4-6-13)16(27)24-15-8-7-12(19)9-14(15)18(20,21)22/h2-11H,1H3,(H,24,27). The van der Waals surface area contributed by atoms with Gasteiger partial charge in [-0.05, 0) is 37.3 Å². The summed E-state index contributed by atoms with van der Waals surface area (Å²) in [7, 11) is 0. The minimum absolute atomic E-state index is 0.0660. The average Bonchev–Trinajstić information content (AvgIpc) is 3.11. The highest BCUT2D eigenvalue weighted by Crippen LogP contribution is 2.37. The summed E-state index contributed by atoms with van der Waals surface area (Å²) >= 11 is 6.74. The molecule has 0 aliphatic carbocycles. The van der Waals surface area contributed by atoms with E-state index in [1.54, 1.807) is 11.5 Å². The predicted molar refractivity (Wildman–Crippen MR) is 102 cm³/mol. The molecule has 0 fully saturated rings. The molecule has 1 heterocycles. The lowest BCUT2D eigenvalue weighted by molar-refractivity contribution is -0.137. The monoisotopic (exact) mass is 426 g/mol. The van der Waals surface area contributed by atoms with Crippen molar-refractivity contribution in [1.29, 1.82) is 0 Å². The maximum atomic E-state index is 13.2. The second kappa shape index (κ2) is 8.24. The Morgan fingerprint density at radius 2 is 1.93 bits per heavy atom. The number of hydrogen-bond donors (Lipinski definition) is 1. The van der Waals surface area contributed by atoms with E-state index in [2.05, 4.69) is 15.5 Å². The third kappa shape index (κ3) is 4.66. The topological polar surface area (TPSA) is 59.8 Å². The van der Waals surface area contributed by atoms with E-state index >= 15 is 0 Å². The van der Waals surface area contributed by atoms with Crippen molar-refractivity contribution in [2.24, 2.45) is 0 Å². The molecule has 1 atom stereocenters. The smallest absolute Gasteiger partial charge is 0.325 e. The van der Waals surface area contributed by atoms with Crippen LogP contribution in [-0.2, 0) is 11.0 Å². The molecule has 0 aliphatic heterocycles. The van der Waals surface area contributed by atoms with Crippen molar-refractivity contribution in [3.8, 4) is 5.69 Å². The number of anilines is 1. The highest BCUT2D eigenvalue weighted by molar-refractivity contribution is 8.00. The summed E-state index contributed by atoms with van der Waals surface area (Å²) in [6.07, 6.45) is -3.14. The molecule has 0 radical (unpaired) electrons. The van der Waals surface area contributed by atoms with E-state index in [4.69, 9.17) is 11.6 Å². The van der Waals surface area contributed by atoms with Gasteiger partial charge in [-0.2, -0.15) is 13.2 Å². The second-order valence-corrected chi connectivity index (χ2v) is 7.50. The molecule has 0 spiro atoms. The summed E-state index contributed by atoms with van der Waals surface area (Å²) < 4.78 is 41.3. The van der Waals surface area contributed by atoms with E-state index in [9.17, 15) is 18.0 Å². The first-order valence-electron chi connectivity index (χ1n) is 8.05. The van der Waals surface area contributed by atoms with Gasteiger partial charge >= 0.3 is 6.18 Å². The van der Waals surface area contributed by atoms with Gasteiger partial charge in [0.2, 0.25) is 5.91 Å². The van der Waals surface area contributed by atoms with E-state index in [1.807, 2.05) is 30.3 Å². The Balaban J connectivity index is 1.76. The minimum Gasteiger partial charge on any atom is -0.325 e. The summed E-state index contributed by atoms with van der Waals surface area (Å²) in [4.78, 5) is 12.5. The highest BCUT2D eigenvalue weighted by Gasteiger charge is 2.34. The predicted octanol–water partition coefficient (Wildman–Crippen LogP) is 5.06. The van der Waals surface area contributed by atoms with Crippen LogP contribution in [-0.4, -0.2) is 25.9 Å². The van der Waals surface area contributed by atoms with Crippen LogP contribution in [0, 0.1) is 0 Å². The zero-order chi connectivity index (χ0) is 20.3. The molecule has 0 saturated carbocycles. The van der Waals surface area contributed by atoms with Crippen molar-refractivity contribution in [1.82, 2.24) is 14.8 Å². The Bertz CT molecular complexity index is 978. The van der Waals surface area contributed by atoms with Crippen LogP contribution in [0.25, 0.3) is 5.69 Å². The highest BCUT2D eigenvalue weighted by atomic mass is 35.5. The number of alkyl halides is 3. The van der Waals surface area contributed by atoms with Gasteiger partial charge in [0.1, 0.15) is 6.33 Å². The third-order valence-corrected chi connectivity index (χ3v) is 5.04. The third-order valence-electron chi connectivity index (χ3n) is 3.75. The molecular formula is C18H14ClF3N4OS. The Labute approximate surface area is 167 Å². The van der Waals surface area contributed by atoms with Gasteiger partial charge in [-0.3, -0.25) is 9.36 Å². The van der Waals surface area contributed by atoms with Crippen LogP contribution < -0.4 is 5.32 Å². The number of benzene rings is 2. The molecule has 5 nitrogen and oxygen atoms in total. The van der Waals surface area contributed by atoms with Crippen molar-refractivity contribution < 1.29 is 18.0 Å². The number of carbonyl (C=O) groups is 1. The maximum Gasteiger partial charge on any atom is 0.418 e. The van der Waals surface area contributed by atoms with Crippen molar-refractivity contribution in [3.63, 3.8) is 0 Å². The fourth-order valence-electron chi connectivity index (χ4n) is 2.38. The van der Waals surface area contributed by atoms with Crippen molar-refractivity contribution in [2.75, 3.05) is 5.32 Å². The van der Waals surface area contributed by atoms with Crippen LogP contribution in [0.15, 0.2) is 60.0 Å². The van der Waals surface area contributed by atoms with E-state index < -0.39 is 22.9 Å². The molecule has 0 saturated heterocycles. The molecule has 3 rings (SSSR count). The number of nitrogens with zero attached hydrogens (tertiary/aromatic N) is 3. The lowest BCUT2D eigenvalue weighted by Gasteiger charge is -2.16. The first-order valence-corrected chi connectivity index (χ1v) is 9.31. The normalized spacial score (nSPS) is 12.6. The van der Waals surface area contributed by atoms with Crippen molar-refractivity contribution in [2.45, 2.75) is 23.5 Å². The number of hydrogen-bond acceptors (Lipinski definition) is 4. The first-order chi connectivity index (χ1) is 13.3. The fourth-order valence-corrected chi connectivity index (χ4v) is 3.39. The molecule has 28 heavy (non-hydrogen) atoms. The van der Waals surface area contributed by atoms with Gasteiger partial charge in [-0.15, -0.1) is 10.2 Å². The number of para-hydroxylation sites is 1. The number of carbonyl (C=O) groups excluding carboxylic acids is 1. The van der Waals surface area contributed by atoms with Crippen molar-refractivity contribution in [3.05, 3.63) is 65.4 Å². The maximum absolute atomic E-state index is 13.2. The van der Waals surface area contributed by atoms with Gasteiger partial charge in [0.15, 0.2) is 5.16 Å². The van der Waals surface area contributed by atoms with E-state index in [0.717, 1.165) is 29.6 Å². The summed E-state index contributed by atoms with van der Waals surface area (Å²) in [6.45, 7) is 1.58. The number of thioether (sulfide) groups is 1. The van der Waals surface area contributed by atoms with Gasteiger partial charge in [0.25, 0.3) is 0 Å². The summed E-state index contributed by atoms with van der Waals surface area (Å²) in [5.74, 6) is -0.597. The van der Waals surface area contributed by atoms with E-state index in [1.165, 1.54) is 12.4 Å². The minimum atomic E-state index is -4.64. The van der Waals surface area contributed by atoms with E-state index in [-0.39, 0.29) is 10.7 Å². The van der Waals surface area contributed by atoms with Gasteiger partial charge in [0, 0.05) is 10.7 Å². The van der Waals surface area contributed by atoms with Crippen molar-refractivity contribution >= 4 is 35.0 Å². The van der Waals surface area contributed by atoms with Crippen LogP contribution in [0.2, 0.25) is 5.02 Å². The molecule has 146 valence electrons. The molecule has 1 N–H and O–H groups in total. The van der Waals surface area contributed by atoms with Crippen LogP contribution in [0.1, 0.15) is 12.5 Å². The Morgan fingerprint density at radius 3 is 2.61 bits per heavy atom. The molecule has 0 bridgehead atoms. The zero-order valence-electron chi connectivity index (χ0n) is 14.4. The Kier molecular flexibility index (Phi) is 5.95. The summed E-state index contributed by atoms with van der Waals surface area (Å²) in [6, 6.07) is 12.5. The van der Waals surface area contributed by atoms with Crippen LogP contribution in [0.4, 0.5) is 18.9 Å². The van der Waals surface area contributed by atoms with Gasteiger partial charge in [0.05, 0.1) is 16.5 Å². The number of halogens is 4. The summed E-state index contributed by atoms with van der Waals surface area (Å²) in [5, 5.41) is 9.82. The quantitative estimate of drug-likeness (QED) is 0.579. The average molecular weight is 427 g/mol. The first kappa shape index (κ1) is 20.2. The lowest BCUT2D eigenvalue weighted by atomic mass is 10.1. The van der Waals surface area contributed by atoms with E-state index in [0.29, 0.717) is 5.16 Å². The summed E-state index contributed by atoms with van der Waals surface area (Å²) in [5.41, 5.74) is -0.545. The molecular weight excluding hydrogens is 413 g/mol. The van der Waals surface area contributed by atoms with Gasteiger partial charge in [-0.25, -0.2) is 0 Å². The number of nitrogens with one attached hydrogen (secondary N) is 1. The molecule has 1 unspecified atom stereocenters. The van der Waals surface area contributed by atoms with Crippen LogP contribution in [0.3, 0.4) is 0 Å². The van der Waals surface area contributed by atoms with Gasteiger partial charge < -0.3 is 5.32 Å². The number of rotatable bonds is 5. The molecule has 1 amide bonds. The molecule has 0 aliphatic rings. The molecule has 1 aromatic heterocycles.